The highest BCUT2D eigenvalue weighted by Crippen LogP contribution is 2.28. The van der Waals surface area contributed by atoms with Crippen LogP contribution in [0.3, 0.4) is 0 Å². The van der Waals surface area contributed by atoms with E-state index < -0.39 is 4.92 Å². The van der Waals surface area contributed by atoms with Crippen molar-refractivity contribution >= 4 is 11.4 Å². The first kappa shape index (κ1) is 13.0. The molecule has 2 rings (SSSR count). The van der Waals surface area contributed by atoms with Crippen LogP contribution in [0.4, 0.5) is 15.8 Å². The van der Waals surface area contributed by atoms with Crippen LogP contribution in [0.1, 0.15) is 11.1 Å². The number of nitrogens with zero attached hydrogens (tertiary/aromatic N) is 1. The molecule has 4 nitrogen and oxygen atoms in total. The summed E-state index contributed by atoms with van der Waals surface area (Å²) in [5, 5.41) is 14.0. The van der Waals surface area contributed by atoms with Crippen LogP contribution < -0.4 is 5.32 Å². The van der Waals surface area contributed by atoms with Crippen molar-refractivity contribution < 1.29 is 9.31 Å². The molecule has 0 aliphatic heterocycles. The van der Waals surface area contributed by atoms with E-state index in [1.807, 2.05) is 0 Å². The number of benzene rings is 2. The van der Waals surface area contributed by atoms with Gasteiger partial charge in [-0.2, -0.15) is 0 Å². The first-order chi connectivity index (χ1) is 9.08. The van der Waals surface area contributed by atoms with E-state index in [9.17, 15) is 14.5 Å². The zero-order valence-electron chi connectivity index (χ0n) is 10.4. The largest absolute Gasteiger partial charge is 0.375 e. The van der Waals surface area contributed by atoms with E-state index in [4.69, 9.17) is 0 Å². The molecule has 0 amide bonds. The standard InChI is InChI=1S/C14H13FN2O2/c1-10-3-2-4-13(17(18)19)14(10)16-9-11-5-7-12(15)8-6-11/h2-8,16H,9H2,1H3. The Morgan fingerprint density at radius 3 is 2.53 bits per heavy atom. The summed E-state index contributed by atoms with van der Waals surface area (Å²) < 4.78 is 12.8. The lowest BCUT2D eigenvalue weighted by Gasteiger charge is -2.10. The fraction of sp³-hybridized carbons (Fsp3) is 0.143. The molecule has 0 atom stereocenters. The smallest absolute Gasteiger partial charge is 0.292 e. The first-order valence-corrected chi connectivity index (χ1v) is 5.80. The molecule has 1 N–H and O–H groups in total. The van der Waals surface area contributed by atoms with Crippen LogP contribution in [0, 0.1) is 22.9 Å². The molecule has 0 aliphatic carbocycles. The third-order valence-corrected chi connectivity index (χ3v) is 2.83. The zero-order chi connectivity index (χ0) is 13.8. The summed E-state index contributed by atoms with van der Waals surface area (Å²) in [6, 6.07) is 10.9. The summed E-state index contributed by atoms with van der Waals surface area (Å²) in [7, 11) is 0. The van der Waals surface area contributed by atoms with Crippen LogP contribution in [0.15, 0.2) is 42.5 Å². The van der Waals surface area contributed by atoms with Gasteiger partial charge < -0.3 is 5.32 Å². The molecule has 0 heterocycles. The fourth-order valence-electron chi connectivity index (χ4n) is 1.83. The highest BCUT2D eigenvalue weighted by atomic mass is 19.1. The summed E-state index contributed by atoms with van der Waals surface area (Å²) in [4.78, 5) is 10.5. The number of anilines is 1. The molecule has 0 saturated heterocycles. The third-order valence-electron chi connectivity index (χ3n) is 2.83. The molecule has 2 aromatic rings. The molecule has 0 spiro atoms. The predicted octanol–water partition coefficient (Wildman–Crippen LogP) is 3.65. The van der Waals surface area contributed by atoms with Crippen molar-refractivity contribution in [2.75, 3.05) is 5.32 Å². The second-order valence-electron chi connectivity index (χ2n) is 4.21. The molecule has 19 heavy (non-hydrogen) atoms. The Morgan fingerprint density at radius 2 is 1.89 bits per heavy atom. The van der Waals surface area contributed by atoms with E-state index in [1.165, 1.54) is 18.2 Å². The number of aryl methyl sites for hydroxylation is 1. The highest BCUT2D eigenvalue weighted by Gasteiger charge is 2.14. The average Bonchev–Trinajstić information content (AvgIpc) is 2.39. The minimum atomic E-state index is -0.417. The summed E-state index contributed by atoms with van der Waals surface area (Å²) in [5.41, 5.74) is 2.20. The average molecular weight is 260 g/mol. The second-order valence-corrected chi connectivity index (χ2v) is 4.21. The molecule has 5 heteroatoms. The second kappa shape index (κ2) is 5.48. The lowest BCUT2D eigenvalue weighted by molar-refractivity contribution is -0.384. The monoisotopic (exact) mass is 260 g/mol. The van der Waals surface area contributed by atoms with Crippen molar-refractivity contribution in [1.82, 2.24) is 0 Å². The van der Waals surface area contributed by atoms with E-state index in [0.29, 0.717) is 12.2 Å². The number of para-hydroxylation sites is 1. The Hall–Kier alpha value is -2.43. The van der Waals surface area contributed by atoms with Crippen molar-refractivity contribution in [3.05, 3.63) is 69.5 Å². The number of hydrogen-bond acceptors (Lipinski definition) is 3. The minimum Gasteiger partial charge on any atom is -0.375 e. The molecule has 0 radical (unpaired) electrons. The minimum absolute atomic E-state index is 0.0436. The molecule has 0 fully saturated rings. The third kappa shape index (κ3) is 3.07. The number of rotatable bonds is 4. The molecular weight excluding hydrogens is 247 g/mol. The van der Waals surface area contributed by atoms with E-state index in [0.717, 1.165) is 11.1 Å². The molecule has 0 saturated carbocycles. The van der Waals surface area contributed by atoms with Crippen molar-refractivity contribution in [2.45, 2.75) is 13.5 Å². The van der Waals surface area contributed by atoms with Gasteiger partial charge >= 0.3 is 0 Å². The number of nitro benzene ring substituents is 1. The van der Waals surface area contributed by atoms with Gasteiger partial charge in [-0.15, -0.1) is 0 Å². The van der Waals surface area contributed by atoms with Crippen molar-refractivity contribution in [3.63, 3.8) is 0 Å². The van der Waals surface area contributed by atoms with Gasteiger partial charge in [-0.3, -0.25) is 10.1 Å². The van der Waals surface area contributed by atoms with Gasteiger partial charge in [0.2, 0.25) is 0 Å². The van der Waals surface area contributed by atoms with Gasteiger partial charge in [0.05, 0.1) is 4.92 Å². The van der Waals surface area contributed by atoms with Gasteiger partial charge in [0.1, 0.15) is 11.5 Å². The Labute approximate surface area is 110 Å². The Morgan fingerprint density at radius 1 is 1.21 bits per heavy atom. The molecule has 98 valence electrons. The highest BCUT2D eigenvalue weighted by molar-refractivity contribution is 5.66. The van der Waals surface area contributed by atoms with E-state index in [-0.39, 0.29) is 11.5 Å². The molecule has 2 aromatic carbocycles. The fourth-order valence-corrected chi connectivity index (χ4v) is 1.83. The van der Waals surface area contributed by atoms with E-state index in [2.05, 4.69) is 5.32 Å². The van der Waals surface area contributed by atoms with Crippen LogP contribution in [-0.2, 0) is 6.54 Å². The summed E-state index contributed by atoms with van der Waals surface area (Å²) >= 11 is 0. The molecule has 0 unspecified atom stereocenters. The maximum absolute atomic E-state index is 12.8. The van der Waals surface area contributed by atoms with Crippen LogP contribution in [0.2, 0.25) is 0 Å². The van der Waals surface area contributed by atoms with Crippen LogP contribution in [-0.4, -0.2) is 4.92 Å². The SMILES string of the molecule is Cc1cccc([N+](=O)[O-])c1NCc1ccc(F)cc1. The summed E-state index contributed by atoms with van der Waals surface area (Å²) in [5.74, 6) is -0.300. The zero-order valence-corrected chi connectivity index (χ0v) is 10.4. The van der Waals surface area contributed by atoms with Crippen molar-refractivity contribution in [2.24, 2.45) is 0 Å². The maximum Gasteiger partial charge on any atom is 0.292 e. The maximum atomic E-state index is 12.8. The van der Waals surface area contributed by atoms with Gasteiger partial charge in [0.15, 0.2) is 0 Å². The number of nitro groups is 1. The molecule has 0 aliphatic rings. The van der Waals surface area contributed by atoms with Gasteiger partial charge in [0, 0.05) is 12.6 Å². The summed E-state index contributed by atoms with van der Waals surface area (Å²) in [6.45, 7) is 2.21. The van der Waals surface area contributed by atoms with Crippen LogP contribution in [0.25, 0.3) is 0 Å². The van der Waals surface area contributed by atoms with Gasteiger partial charge in [-0.25, -0.2) is 4.39 Å². The Kier molecular flexibility index (Phi) is 3.75. The first-order valence-electron chi connectivity index (χ1n) is 5.80. The lowest BCUT2D eigenvalue weighted by Crippen LogP contribution is -2.04. The number of nitrogens with one attached hydrogen (secondary N) is 1. The molecule has 0 bridgehead atoms. The molecular formula is C14H13FN2O2. The quantitative estimate of drug-likeness (QED) is 0.674. The molecule has 0 aromatic heterocycles. The number of halogens is 1. The predicted molar refractivity (Wildman–Crippen MR) is 71.6 cm³/mol. The topological polar surface area (TPSA) is 55.2 Å². The van der Waals surface area contributed by atoms with Crippen LogP contribution in [0.5, 0.6) is 0 Å². The Bertz CT molecular complexity index is 597. The van der Waals surface area contributed by atoms with Crippen molar-refractivity contribution in [3.8, 4) is 0 Å². The summed E-state index contributed by atoms with van der Waals surface area (Å²) in [6.07, 6.45) is 0. The van der Waals surface area contributed by atoms with Crippen molar-refractivity contribution in [1.29, 1.82) is 0 Å². The Balaban J connectivity index is 2.19. The normalized spacial score (nSPS) is 10.2. The van der Waals surface area contributed by atoms with Crippen LogP contribution >= 0.6 is 0 Å². The lowest BCUT2D eigenvalue weighted by atomic mass is 10.1. The van der Waals surface area contributed by atoms with E-state index in [1.54, 1.807) is 31.2 Å². The van der Waals surface area contributed by atoms with Gasteiger partial charge in [0.25, 0.3) is 5.69 Å². The van der Waals surface area contributed by atoms with Gasteiger partial charge in [-0.1, -0.05) is 24.3 Å². The number of hydrogen-bond donors (Lipinski definition) is 1. The van der Waals surface area contributed by atoms with E-state index >= 15 is 0 Å². The van der Waals surface area contributed by atoms with Gasteiger partial charge in [-0.05, 0) is 30.2 Å².